The Hall–Kier alpha value is -3.50. The first kappa shape index (κ1) is 23.3. The molecule has 2 fully saturated rings. The van der Waals surface area contributed by atoms with E-state index in [0.29, 0.717) is 23.6 Å². The van der Waals surface area contributed by atoms with Gasteiger partial charge in [-0.25, -0.2) is 4.39 Å². The number of carbonyl (C=O) groups excluding carboxylic acids is 3. The number of hydrogen-bond acceptors (Lipinski definition) is 7. The lowest BCUT2D eigenvalue weighted by molar-refractivity contribution is -0.143. The minimum Gasteiger partial charge on any atom is -0.493 e. The third-order valence-corrected chi connectivity index (χ3v) is 7.29. The monoisotopic (exact) mass is 483 g/mol. The fourth-order valence-electron chi connectivity index (χ4n) is 5.68. The zero-order valence-corrected chi connectivity index (χ0v) is 19.5. The Morgan fingerprint density at radius 2 is 1.83 bits per heavy atom. The summed E-state index contributed by atoms with van der Waals surface area (Å²) in [5.74, 6) is -3.09. The summed E-state index contributed by atoms with van der Waals surface area (Å²) in [6, 6.07) is 8.32. The Labute approximate surface area is 201 Å². The number of rotatable bonds is 6. The number of fused-ring (bicyclic) bond motifs is 4. The van der Waals surface area contributed by atoms with Crippen molar-refractivity contribution in [3.05, 3.63) is 53.3 Å². The van der Waals surface area contributed by atoms with Gasteiger partial charge in [-0.15, -0.1) is 0 Å². The fraction of sp³-hybridized carbons (Fsp3) is 0.400. The molecular formula is C25H26FN3O6. The topological polar surface area (TPSA) is 117 Å². The second kappa shape index (κ2) is 8.31. The summed E-state index contributed by atoms with van der Waals surface area (Å²) in [4.78, 5) is 41.6. The molecule has 3 aliphatic rings. The number of ether oxygens (including phenoxy) is 2. The highest BCUT2D eigenvalue weighted by Crippen LogP contribution is 2.53. The molecule has 2 aromatic carbocycles. The van der Waals surface area contributed by atoms with Gasteiger partial charge in [0.1, 0.15) is 11.4 Å². The van der Waals surface area contributed by atoms with Crippen LogP contribution in [0.15, 0.2) is 36.4 Å². The van der Waals surface area contributed by atoms with Crippen LogP contribution in [-0.2, 0) is 26.3 Å². The third kappa shape index (κ3) is 3.31. The number of hydrogen-bond donors (Lipinski definition) is 3. The van der Waals surface area contributed by atoms with Crippen LogP contribution in [0.25, 0.3) is 0 Å². The summed E-state index contributed by atoms with van der Waals surface area (Å²) >= 11 is 0. The molecule has 3 heterocycles. The average molecular weight is 483 g/mol. The van der Waals surface area contributed by atoms with Crippen molar-refractivity contribution in [3.63, 3.8) is 0 Å². The van der Waals surface area contributed by atoms with Crippen molar-refractivity contribution in [2.75, 3.05) is 26.1 Å². The molecule has 2 aromatic rings. The first-order valence-corrected chi connectivity index (χ1v) is 11.4. The van der Waals surface area contributed by atoms with Gasteiger partial charge in [0, 0.05) is 23.8 Å². The Bertz CT molecular complexity index is 1230. The molecule has 0 aromatic heterocycles. The SMILES string of the molecule is COc1ccc(CCN2C(=O)[C@@H]3[C@H]([C@@H](C)O)N[C@@]4(C(=O)Nc5ccc(F)cc54)[C@@H]3C2=O)cc1OC. The minimum absolute atomic E-state index is 0.0837. The van der Waals surface area contributed by atoms with E-state index in [4.69, 9.17) is 9.47 Å². The number of anilines is 1. The highest BCUT2D eigenvalue weighted by molar-refractivity contribution is 6.15. The predicted molar refractivity (Wildman–Crippen MR) is 122 cm³/mol. The van der Waals surface area contributed by atoms with Gasteiger partial charge in [-0.1, -0.05) is 6.07 Å². The third-order valence-electron chi connectivity index (χ3n) is 7.29. The number of halogens is 1. The normalized spacial score (nSPS) is 27.7. The van der Waals surface area contributed by atoms with Gasteiger partial charge in [-0.3, -0.25) is 24.6 Å². The molecule has 3 amide bonds. The number of carbonyl (C=O) groups is 3. The number of nitrogens with zero attached hydrogens (tertiary/aromatic N) is 1. The molecule has 0 unspecified atom stereocenters. The van der Waals surface area contributed by atoms with E-state index in [2.05, 4.69) is 10.6 Å². The van der Waals surface area contributed by atoms with Crippen LogP contribution in [-0.4, -0.2) is 60.6 Å². The van der Waals surface area contributed by atoms with E-state index >= 15 is 0 Å². The van der Waals surface area contributed by atoms with E-state index in [1.54, 1.807) is 12.1 Å². The van der Waals surface area contributed by atoms with Crippen molar-refractivity contribution < 1.29 is 33.4 Å². The standard InChI is InChI=1S/C25H26FN3O6/c1-12(30)21-19-20(25(28-21)15-11-14(26)5-6-16(15)27-24(25)33)23(32)29(22(19)31)9-8-13-4-7-17(34-2)18(10-13)35-3/h4-7,10-12,19-21,28,30H,8-9H2,1-3H3,(H,27,33)/t12-,19+,20+,21+,25-/m1/s1. The number of aliphatic hydroxyl groups is 1. The van der Waals surface area contributed by atoms with Crippen LogP contribution in [0, 0.1) is 17.7 Å². The van der Waals surface area contributed by atoms with E-state index in [-0.39, 0.29) is 12.1 Å². The zero-order chi connectivity index (χ0) is 25.1. The van der Waals surface area contributed by atoms with Gasteiger partial charge in [-0.2, -0.15) is 0 Å². The van der Waals surface area contributed by atoms with Crippen molar-refractivity contribution in [2.24, 2.45) is 11.8 Å². The first-order valence-electron chi connectivity index (χ1n) is 11.4. The Kier molecular flexibility index (Phi) is 5.52. The second-order valence-corrected chi connectivity index (χ2v) is 9.13. The number of aliphatic hydroxyl groups excluding tert-OH is 1. The number of benzene rings is 2. The molecule has 35 heavy (non-hydrogen) atoms. The lowest BCUT2D eigenvalue weighted by Crippen LogP contribution is -2.55. The number of likely N-dealkylation sites (tertiary alicyclic amines) is 1. The number of imide groups is 1. The van der Waals surface area contributed by atoms with Crippen LogP contribution in [0.1, 0.15) is 18.1 Å². The van der Waals surface area contributed by atoms with E-state index in [1.165, 1.54) is 39.3 Å². The van der Waals surface area contributed by atoms with Crippen LogP contribution in [0.4, 0.5) is 10.1 Å². The predicted octanol–water partition coefficient (Wildman–Crippen LogP) is 1.19. The molecule has 3 aliphatic heterocycles. The van der Waals surface area contributed by atoms with Crippen molar-refractivity contribution in [1.82, 2.24) is 10.2 Å². The molecule has 1 spiro atoms. The van der Waals surface area contributed by atoms with E-state index < -0.39 is 53.1 Å². The van der Waals surface area contributed by atoms with E-state index in [0.717, 1.165) is 10.5 Å². The molecule has 5 atom stereocenters. The maximum absolute atomic E-state index is 14.2. The second-order valence-electron chi connectivity index (χ2n) is 9.13. The summed E-state index contributed by atoms with van der Waals surface area (Å²) in [5.41, 5.74) is -0.179. The minimum atomic E-state index is -1.64. The summed E-state index contributed by atoms with van der Waals surface area (Å²) in [6.07, 6.45) is -0.677. The van der Waals surface area contributed by atoms with Gasteiger partial charge in [0.25, 0.3) is 0 Å². The van der Waals surface area contributed by atoms with Gasteiger partial charge < -0.3 is 19.9 Å². The van der Waals surface area contributed by atoms with Crippen molar-refractivity contribution in [1.29, 1.82) is 0 Å². The molecule has 0 saturated carbocycles. The Balaban J connectivity index is 1.49. The van der Waals surface area contributed by atoms with Crippen LogP contribution in [0.5, 0.6) is 11.5 Å². The molecule has 9 nitrogen and oxygen atoms in total. The summed E-state index contributed by atoms with van der Waals surface area (Å²) < 4.78 is 24.8. The molecule has 2 saturated heterocycles. The molecular weight excluding hydrogens is 457 g/mol. The summed E-state index contributed by atoms with van der Waals surface area (Å²) in [5, 5.41) is 16.2. The Morgan fingerprint density at radius 3 is 2.51 bits per heavy atom. The summed E-state index contributed by atoms with van der Waals surface area (Å²) in [7, 11) is 3.05. The molecule has 10 heteroatoms. The van der Waals surface area contributed by atoms with Gasteiger partial charge in [0.05, 0.1) is 32.2 Å². The van der Waals surface area contributed by atoms with Gasteiger partial charge in [0.15, 0.2) is 11.5 Å². The maximum atomic E-state index is 14.2. The Morgan fingerprint density at radius 1 is 1.09 bits per heavy atom. The number of methoxy groups -OCH3 is 2. The molecule has 184 valence electrons. The molecule has 0 bridgehead atoms. The smallest absolute Gasteiger partial charge is 0.250 e. The summed E-state index contributed by atoms with van der Waals surface area (Å²) in [6.45, 7) is 1.58. The van der Waals surface area contributed by atoms with Gasteiger partial charge in [-0.05, 0) is 49.2 Å². The van der Waals surface area contributed by atoms with Gasteiger partial charge >= 0.3 is 0 Å². The van der Waals surface area contributed by atoms with E-state index in [1.807, 2.05) is 6.07 Å². The molecule has 0 aliphatic carbocycles. The van der Waals surface area contributed by atoms with Crippen LogP contribution < -0.4 is 20.1 Å². The van der Waals surface area contributed by atoms with Crippen LogP contribution in [0.3, 0.4) is 0 Å². The number of nitrogens with one attached hydrogen (secondary N) is 2. The first-order chi connectivity index (χ1) is 16.7. The lowest BCUT2D eigenvalue weighted by Gasteiger charge is -2.30. The quantitative estimate of drug-likeness (QED) is 0.529. The molecule has 3 N–H and O–H groups in total. The molecule has 0 radical (unpaired) electrons. The van der Waals surface area contributed by atoms with Crippen LogP contribution >= 0.6 is 0 Å². The molecule has 5 rings (SSSR count). The van der Waals surface area contributed by atoms with E-state index in [9.17, 15) is 23.9 Å². The van der Waals surface area contributed by atoms with Crippen molar-refractivity contribution in [2.45, 2.75) is 31.0 Å². The van der Waals surface area contributed by atoms with Crippen LogP contribution in [0.2, 0.25) is 0 Å². The largest absolute Gasteiger partial charge is 0.493 e. The fourth-order valence-corrected chi connectivity index (χ4v) is 5.68. The zero-order valence-electron chi connectivity index (χ0n) is 19.5. The van der Waals surface area contributed by atoms with Crippen molar-refractivity contribution in [3.8, 4) is 11.5 Å². The maximum Gasteiger partial charge on any atom is 0.250 e. The average Bonchev–Trinajstić information content (AvgIpc) is 3.43. The van der Waals surface area contributed by atoms with Crippen molar-refractivity contribution >= 4 is 23.4 Å². The lowest BCUT2D eigenvalue weighted by atomic mass is 9.76. The van der Waals surface area contributed by atoms with Gasteiger partial charge in [0.2, 0.25) is 17.7 Å². The number of amides is 3. The highest BCUT2D eigenvalue weighted by atomic mass is 19.1. The highest BCUT2D eigenvalue weighted by Gasteiger charge is 2.71.